The van der Waals surface area contributed by atoms with E-state index in [1.165, 1.54) is 0 Å². The number of benzene rings is 1. The molecular formula is C16H23NO3. The topological polar surface area (TPSA) is 80.4 Å². The molecule has 0 aliphatic heterocycles. The van der Waals surface area contributed by atoms with Gasteiger partial charge < -0.3 is 10.8 Å². The van der Waals surface area contributed by atoms with Crippen LogP contribution in [0.5, 0.6) is 0 Å². The Labute approximate surface area is 120 Å². The predicted molar refractivity (Wildman–Crippen MR) is 78.4 cm³/mol. The molecule has 0 aromatic heterocycles. The summed E-state index contributed by atoms with van der Waals surface area (Å²) in [4.78, 5) is 23.0. The first kappa shape index (κ1) is 16.4. The van der Waals surface area contributed by atoms with Gasteiger partial charge in [-0.1, -0.05) is 36.8 Å². The fourth-order valence-corrected chi connectivity index (χ4v) is 2.15. The van der Waals surface area contributed by atoms with Crippen LogP contribution in [0.15, 0.2) is 30.3 Å². The molecule has 0 heterocycles. The van der Waals surface area contributed by atoms with Crippen LogP contribution in [0.25, 0.3) is 0 Å². The van der Waals surface area contributed by atoms with Crippen molar-refractivity contribution in [2.75, 3.05) is 6.54 Å². The number of nitrogens with two attached hydrogens (primary N) is 1. The maximum atomic E-state index is 11.9. The van der Waals surface area contributed by atoms with Crippen molar-refractivity contribution in [3.05, 3.63) is 35.9 Å². The van der Waals surface area contributed by atoms with Crippen molar-refractivity contribution in [1.29, 1.82) is 0 Å². The number of aryl methyl sites for hydroxylation is 1. The standard InChI is InChI=1S/C16H23NO3/c17-11-5-4-8-14(16(19)20)12-15(18)10-9-13-6-2-1-3-7-13/h1-3,6-7,14H,4-5,8-12,17H2,(H,19,20). The zero-order valence-electron chi connectivity index (χ0n) is 11.8. The number of carbonyl (C=O) groups is 2. The lowest BCUT2D eigenvalue weighted by Gasteiger charge is -2.11. The number of aliphatic carboxylic acids is 1. The van der Waals surface area contributed by atoms with Gasteiger partial charge in [-0.2, -0.15) is 0 Å². The Morgan fingerprint density at radius 2 is 1.85 bits per heavy atom. The van der Waals surface area contributed by atoms with Crippen LogP contribution in [0.3, 0.4) is 0 Å². The molecule has 110 valence electrons. The highest BCUT2D eigenvalue weighted by molar-refractivity contribution is 5.83. The van der Waals surface area contributed by atoms with E-state index in [1.807, 2.05) is 30.3 Å². The van der Waals surface area contributed by atoms with Gasteiger partial charge in [0.05, 0.1) is 5.92 Å². The molecule has 4 heteroatoms. The third-order valence-electron chi connectivity index (χ3n) is 3.37. The molecule has 20 heavy (non-hydrogen) atoms. The minimum atomic E-state index is -0.880. The Kier molecular flexibility index (Phi) is 7.58. The van der Waals surface area contributed by atoms with E-state index in [0.29, 0.717) is 25.8 Å². The zero-order valence-corrected chi connectivity index (χ0v) is 11.8. The van der Waals surface area contributed by atoms with Gasteiger partial charge in [0.2, 0.25) is 0 Å². The van der Waals surface area contributed by atoms with Gasteiger partial charge in [0.15, 0.2) is 0 Å². The SMILES string of the molecule is NCCCCC(CC(=O)CCc1ccccc1)C(=O)O. The summed E-state index contributed by atoms with van der Waals surface area (Å²) in [6, 6.07) is 9.76. The van der Waals surface area contributed by atoms with Gasteiger partial charge in [0.1, 0.15) is 5.78 Å². The molecule has 0 saturated carbocycles. The summed E-state index contributed by atoms with van der Waals surface area (Å²) >= 11 is 0. The smallest absolute Gasteiger partial charge is 0.306 e. The normalized spacial score (nSPS) is 12.1. The van der Waals surface area contributed by atoms with E-state index in [-0.39, 0.29) is 12.2 Å². The third-order valence-corrected chi connectivity index (χ3v) is 3.37. The second-order valence-corrected chi connectivity index (χ2v) is 5.05. The lowest BCUT2D eigenvalue weighted by Crippen LogP contribution is -2.18. The van der Waals surface area contributed by atoms with Crippen molar-refractivity contribution in [3.63, 3.8) is 0 Å². The Balaban J connectivity index is 2.36. The number of hydrogen-bond donors (Lipinski definition) is 2. The molecule has 0 amide bonds. The number of Topliss-reactive ketones (excluding diaryl/α,β-unsaturated/α-hetero) is 1. The number of rotatable bonds is 10. The van der Waals surface area contributed by atoms with Gasteiger partial charge >= 0.3 is 5.97 Å². The molecule has 1 aromatic carbocycles. The van der Waals surface area contributed by atoms with Gasteiger partial charge in [-0.3, -0.25) is 9.59 Å². The third kappa shape index (κ3) is 6.48. The monoisotopic (exact) mass is 277 g/mol. The van der Waals surface area contributed by atoms with Crippen molar-refractivity contribution in [2.24, 2.45) is 11.7 Å². The lowest BCUT2D eigenvalue weighted by molar-refractivity contribution is -0.144. The second kappa shape index (κ2) is 9.26. The maximum Gasteiger partial charge on any atom is 0.306 e. The number of unbranched alkanes of at least 4 members (excludes halogenated alkanes) is 1. The fraction of sp³-hybridized carbons (Fsp3) is 0.500. The summed E-state index contributed by atoms with van der Waals surface area (Å²) < 4.78 is 0. The van der Waals surface area contributed by atoms with Gasteiger partial charge in [-0.05, 0) is 31.4 Å². The minimum absolute atomic E-state index is 0.0222. The molecule has 0 aliphatic rings. The molecule has 0 bridgehead atoms. The van der Waals surface area contributed by atoms with Crippen LogP contribution in [0.4, 0.5) is 0 Å². The fourth-order valence-electron chi connectivity index (χ4n) is 2.15. The Bertz CT molecular complexity index is 417. The molecule has 0 spiro atoms. The maximum absolute atomic E-state index is 11.9. The Morgan fingerprint density at radius 1 is 1.15 bits per heavy atom. The predicted octanol–water partition coefficient (Wildman–Crippen LogP) is 2.41. The molecule has 1 unspecified atom stereocenters. The van der Waals surface area contributed by atoms with Crippen molar-refractivity contribution in [3.8, 4) is 0 Å². The van der Waals surface area contributed by atoms with Gasteiger partial charge in [0, 0.05) is 12.8 Å². The van der Waals surface area contributed by atoms with Crippen LogP contribution < -0.4 is 5.73 Å². The largest absolute Gasteiger partial charge is 0.481 e. The molecule has 4 nitrogen and oxygen atoms in total. The Morgan fingerprint density at radius 3 is 2.45 bits per heavy atom. The quantitative estimate of drug-likeness (QED) is 0.644. The van der Waals surface area contributed by atoms with Crippen LogP contribution in [0, 0.1) is 5.92 Å². The summed E-state index contributed by atoms with van der Waals surface area (Å²) in [5.41, 5.74) is 6.50. The molecule has 1 atom stereocenters. The van der Waals surface area contributed by atoms with E-state index < -0.39 is 11.9 Å². The van der Waals surface area contributed by atoms with E-state index in [2.05, 4.69) is 0 Å². The van der Waals surface area contributed by atoms with E-state index in [1.54, 1.807) is 0 Å². The number of carboxylic acid groups (broad SMARTS) is 1. The second-order valence-electron chi connectivity index (χ2n) is 5.05. The van der Waals surface area contributed by atoms with E-state index in [0.717, 1.165) is 18.4 Å². The van der Waals surface area contributed by atoms with Crippen molar-refractivity contribution < 1.29 is 14.7 Å². The van der Waals surface area contributed by atoms with Gasteiger partial charge in [-0.15, -0.1) is 0 Å². The number of carbonyl (C=O) groups excluding carboxylic acids is 1. The van der Waals surface area contributed by atoms with E-state index in [4.69, 9.17) is 10.8 Å². The summed E-state index contributed by atoms with van der Waals surface area (Å²) in [6.45, 7) is 0.564. The highest BCUT2D eigenvalue weighted by atomic mass is 16.4. The lowest BCUT2D eigenvalue weighted by atomic mass is 9.94. The summed E-state index contributed by atoms with van der Waals surface area (Å²) in [6.07, 6.45) is 3.32. The first-order valence-electron chi connectivity index (χ1n) is 7.12. The van der Waals surface area contributed by atoms with Crippen LogP contribution in [-0.4, -0.2) is 23.4 Å². The summed E-state index contributed by atoms with van der Waals surface area (Å²) in [5.74, 6) is -1.42. The van der Waals surface area contributed by atoms with Gasteiger partial charge in [0.25, 0.3) is 0 Å². The average Bonchev–Trinajstić information content (AvgIpc) is 2.45. The molecule has 3 N–H and O–H groups in total. The van der Waals surface area contributed by atoms with Crippen LogP contribution >= 0.6 is 0 Å². The molecular weight excluding hydrogens is 254 g/mol. The molecule has 0 radical (unpaired) electrons. The number of ketones is 1. The van der Waals surface area contributed by atoms with E-state index in [9.17, 15) is 9.59 Å². The van der Waals surface area contributed by atoms with Crippen LogP contribution in [0.1, 0.15) is 37.7 Å². The highest BCUT2D eigenvalue weighted by Gasteiger charge is 2.20. The number of carboxylic acids is 1. The minimum Gasteiger partial charge on any atom is -0.481 e. The van der Waals surface area contributed by atoms with E-state index >= 15 is 0 Å². The molecule has 1 aromatic rings. The van der Waals surface area contributed by atoms with Crippen molar-refractivity contribution in [1.82, 2.24) is 0 Å². The van der Waals surface area contributed by atoms with Crippen LogP contribution in [0.2, 0.25) is 0 Å². The molecule has 0 aliphatic carbocycles. The highest BCUT2D eigenvalue weighted by Crippen LogP contribution is 2.15. The van der Waals surface area contributed by atoms with Crippen LogP contribution in [-0.2, 0) is 16.0 Å². The van der Waals surface area contributed by atoms with Crippen molar-refractivity contribution in [2.45, 2.75) is 38.5 Å². The van der Waals surface area contributed by atoms with Gasteiger partial charge in [-0.25, -0.2) is 0 Å². The first-order chi connectivity index (χ1) is 9.63. The Hall–Kier alpha value is -1.68. The average molecular weight is 277 g/mol. The molecule has 0 fully saturated rings. The summed E-state index contributed by atoms with van der Waals surface area (Å²) in [7, 11) is 0. The zero-order chi connectivity index (χ0) is 14.8. The molecule has 1 rings (SSSR count). The number of hydrogen-bond acceptors (Lipinski definition) is 3. The first-order valence-corrected chi connectivity index (χ1v) is 7.12. The van der Waals surface area contributed by atoms with Crippen molar-refractivity contribution >= 4 is 11.8 Å². The molecule has 0 saturated heterocycles. The summed E-state index contributed by atoms with van der Waals surface area (Å²) in [5, 5.41) is 9.12.